The average molecular weight is 399 g/mol. The lowest BCUT2D eigenvalue weighted by molar-refractivity contribution is 0.0941. The Bertz CT molecular complexity index is 1210. The summed E-state index contributed by atoms with van der Waals surface area (Å²) < 4.78 is 1.74. The molecule has 1 N–H and O–H groups in total. The van der Waals surface area contributed by atoms with Crippen LogP contribution in [0.3, 0.4) is 0 Å². The lowest BCUT2D eigenvalue weighted by atomic mass is 9.98. The fourth-order valence-electron chi connectivity index (χ4n) is 3.86. The van der Waals surface area contributed by atoms with Gasteiger partial charge >= 0.3 is 0 Å². The zero-order valence-corrected chi connectivity index (χ0v) is 17.7. The monoisotopic (exact) mass is 399 g/mol. The highest BCUT2D eigenvalue weighted by molar-refractivity contribution is 6.08. The Labute approximate surface area is 176 Å². The van der Waals surface area contributed by atoms with E-state index in [-0.39, 0.29) is 11.9 Å². The minimum absolute atomic E-state index is 0.0179. The molecular weight excluding hydrogens is 374 g/mol. The molecule has 0 aliphatic rings. The van der Waals surface area contributed by atoms with Crippen LogP contribution in [0.4, 0.5) is 0 Å². The van der Waals surface area contributed by atoms with Crippen LogP contribution in [0.25, 0.3) is 22.2 Å². The van der Waals surface area contributed by atoms with Crippen molar-refractivity contribution in [3.05, 3.63) is 77.4 Å². The molecule has 4 aromatic rings. The fraction of sp³-hybridized carbons (Fsp3) is 0.250. The molecule has 0 bridgehead atoms. The lowest BCUT2D eigenvalue weighted by Crippen LogP contribution is -2.34. The van der Waals surface area contributed by atoms with Crippen molar-refractivity contribution in [3.63, 3.8) is 0 Å². The molecule has 0 fully saturated rings. The molecule has 0 saturated carbocycles. The van der Waals surface area contributed by atoms with Gasteiger partial charge in [-0.1, -0.05) is 6.07 Å². The molecule has 0 unspecified atom stereocenters. The molecule has 4 rings (SSSR count). The summed E-state index contributed by atoms with van der Waals surface area (Å²) in [6.07, 6.45) is 7.96. The first-order valence-corrected chi connectivity index (χ1v) is 10.0. The number of amides is 1. The number of rotatable bonds is 5. The molecule has 6 nitrogen and oxygen atoms in total. The summed E-state index contributed by atoms with van der Waals surface area (Å²) >= 11 is 0. The maximum absolute atomic E-state index is 13.3. The largest absolute Gasteiger partial charge is 0.349 e. The molecule has 152 valence electrons. The van der Waals surface area contributed by atoms with Crippen molar-refractivity contribution in [1.82, 2.24) is 25.1 Å². The van der Waals surface area contributed by atoms with Crippen molar-refractivity contribution in [2.75, 3.05) is 0 Å². The molecular formula is C24H25N5O. The van der Waals surface area contributed by atoms with Gasteiger partial charge in [0.15, 0.2) is 0 Å². The van der Waals surface area contributed by atoms with E-state index in [1.165, 1.54) is 0 Å². The standard InChI is InChI=1S/C24H25N5O/c1-15-9-16(2)23-20(24(30)27-17(3)11-18-5-7-25-8-6-18)12-21(28-22(23)10-15)19-13-26-29(4)14-19/h5-10,12-14,17H,11H2,1-4H3,(H,27,30)/t17-/m1/s1. The first kappa shape index (κ1) is 19.8. The van der Waals surface area contributed by atoms with Crippen LogP contribution in [-0.2, 0) is 13.5 Å². The third kappa shape index (κ3) is 4.08. The SMILES string of the molecule is Cc1cc(C)c2c(C(=O)N[C@H](C)Cc3ccncc3)cc(-c3cnn(C)c3)nc2c1. The second-order valence-electron chi connectivity index (χ2n) is 7.87. The lowest BCUT2D eigenvalue weighted by Gasteiger charge is -2.17. The van der Waals surface area contributed by atoms with Crippen LogP contribution in [0.15, 0.2) is 55.1 Å². The Kier molecular flexibility index (Phi) is 5.31. The topological polar surface area (TPSA) is 72.7 Å². The van der Waals surface area contributed by atoms with Crippen molar-refractivity contribution in [2.45, 2.75) is 33.2 Å². The Morgan fingerprint density at radius 2 is 1.93 bits per heavy atom. The third-order valence-electron chi connectivity index (χ3n) is 5.16. The van der Waals surface area contributed by atoms with Crippen LogP contribution in [0.2, 0.25) is 0 Å². The zero-order valence-electron chi connectivity index (χ0n) is 17.7. The first-order valence-electron chi connectivity index (χ1n) is 10.0. The minimum atomic E-state index is -0.0963. The average Bonchev–Trinajstić information content (AvgIpc) is 3.13. The van der Waals surface area contributed by atoms with Crippen molar-refractivity contribution < 1.29 is 4.79 Å². The molecule has 1 aromatic carbocycles. The van der Waals surface area contributed by atoms with Crippen molar-refractivity contribution in [2.24, 2.45) is 7.05 Å². The third-order valence-corrected chi connectivity index (χ3v) is 5.16. The number of carbonyl (C=O) groups is 1. The van der Waals surface area contributed by atoms with Crippen molar-refractivity contribution >= 4 is 16.8 Å². The summed E-state index contributed by atoms with van der Waals surface area (Å²) in [6.45, 7) is 6.08. The predicted octanol–water partition coefficient (Wildman–Crippen LogP) is 4.01. The van der Waals surface area contributed by atoms with Gasteiger partial charge in [-0.15, -0.1) is 0 Å². The highest BCUT2D eigenvalue weighted by atomic mass is 16.1. The molecule has 0 radical (unpaired) electrons. The number of hydrogen-bond donors (Lipinski definition) is 1. The van der Waals surface area contributed by atoms with E-state index >= 15 is 0 Å². The van der Waals surface area contributed by atoms with Gasteiger partial charge in [0.2, 0.25) is 0 Å². The number of fused-ring (bicyclic) bond motifs is 1. The Balaban J connectivity index is 1.73. The van der Waals surface area contributed by atoms with E-state index < -0.39 is 0 Å². The molecule has 1 amide bonds. The van der Waals surface area contributed by atoms with Gasteiger partial charge in [0.25, 0.3) is 5.91 Å². The summed E-state index contributed by atoms with van der Waals surface area (Å²) in [5.41, 5.74) is 6.39. The molecule has 30 heavy (non-hydrogen) atoms. The minimum Gasteiger partial charge on any atom is -0.349 e. The molecule has 0 aliphatic heterocycles. The Hall–Kier alpha value is -3.54. The molecule has 0 saturated heterocycles. The first-order chi connectivity index (χ1) is 14.4. The van der Waals surface area contributed by atoms with E-state index in [0.717, 1.165) is 45.3 Å². The van der Waals surface area contributed by atoms with Crippen LogP contribution in [0.5, 0.6) is 0 Å². The normalized spacial score (nSPS) is 12.1. The number of aromatic nitrogens is 4. The molecule has 3 aromatic heterocycles. The van der Waals surface area contributed by atoms with Crippen LogP contribution < -0.4 is 5.32 Å². The smallest absolute Gasteiger partial charge is 0.252 e. The molecule has 0 aliphatic carbocycles. The second kappa shape index (κ2) is 8.06. The van der Waals surface area contributed by atoms with E-state index in [0.29, 0.717) is 5.56 Å². The van der Waals surface area contributed by atoms with Gasteiger partial charge in [-0.05, 0) is 68.1 Å². The summed E-state index contributed by atoms with van der Waals surface area (Å²) in [7, 11) is 1.87. The second-order valence-corrected chi connectivity index (χ2v) is 7.87. The van der Waals surface area contributed by atoms with Crippen molar-refractivity contribution in [3.8, 4) is 11.3 Å². The van der Waals surface area contributed by atoms with Gasteiger partial charge in [-0.3, -0.25) is 14.5 Å². The van der Waals surface area contributed by atoms with Crippen LogP contribution in [0, 0.1) is 13.8 Å². The van der Waals surface area contributed by atoms with Gasteiger partial charge in [-0.2, -0.15) is 5.10 Å². The van der Waals surface area contributed by atoms with Gasteiger partial charge < -0.3 is 5.32 Å². The van der Waals surface area contributed by atoms with Crippen LogP contribution in [0.1, 0.15) is 34.0 Å². The van der Waals surface area contributed by atoms with Gasteiger partial charge in [0.05, 0.1) is 23.0 Å². The van der Waals surface area contributed by atoms with Gasteiger partial charge in [-0.25, -0.2) is 4.98 Å². The maximum atomic E-state index is 13.3. The van der Waals surface area contributed by atoms with Crippen LogP contribution in [-0.4, -0.2) is 31.7 Å². The zero-order chi connectivity index (χ0) is 21.3. The van der Waals surface area contributed by atoms with Gasteiger partial charge in [0.1, 0.15) is 0 Å². The molecule has 0 spiro atoms. The summed E-state index contributed by atoms with van der Waals surface area (Å²) in [5, 5.41) is 8.29. The quantitative estimate of drug-likeness (QED) is 0.550. The van der Waals surface area contributed by atoms with Crippen LogP contribution >= 0.6 is 0 Å². The Morgan fingerprint density at radius 1 is 1.17 bits per heavy atom. The highest BCUT2D eigenvalue weighted by Crippen LogP contribution is 2.28. The molecule has 1 atom stereocenters. The fourth-order valence-corrected chi connectivity index (χ4v) is 3.86. The maximum Gasteiger partial charge on any atom is 0.252 e. The predicted molar refractivity (Wildman–Crippen MR) is 118 cm³/mol. The Morgan fingerprint density at radius 3 is 2.63 bits per heavy atom. The summed E-state index contributed by atoms with van der Waals surface area (Å²) in [4.78, 5) is 22.2. The summed E-state index contributed by atoms with van der Waals surface area (Å²) in [6, 6.07) is 9.91. The van der Waals surface area contributed by atoms with E-state index in [1.54, 1.807) is 23.3 Å². The van der Waals surface area contributed by atoms with E-state index in [4.69, 9.17) is 4.98 Å². The van der Waals surface area contributed by atoms with E-state index in [1.807, 2.05) is 58.3 Å². The summed E-state index contributed by atoms with van der Waals surface area (Å²) in [5.74, 6) is -0.0963. The number of nitrogens with zero attached hydrogens (tertiary/aromatic N) is 4. The van der Waals surface area contributed by atoms with Gasteiger partial charge in [0, 0.05) is 42.6 Å². The number of pyridine rings is 2. The number of aryl methyl sites for hydroxylation is 3. The number of carbonyl (C=O) groups excluding carboxylic acids is 1. The number of nitrogens with one attached hydrogen (secondary N) is 1. The van der Waals surface area contributed by atoms with E-state index in [2.05, 4.69) is 21.5 Å². The molecule has 3 heterocycles. The number of benzene rings is 1. The van der Waals surface area contributed by atoms with E-state index in [9.17, 15) is 4.79 Å². The van der Waals surface area contributed by atoms with Crippen molar-refractivity contribution in [1.29, 1.82) is 0 Å². The molecule has 6 heteroatoms. The highest BCUT2D eigenvalue weighted by Gasteiger charge is 2.18. The number of hydrogen-bond acceptors (Lipinski definition) is 4.